The number of halogens is 1. The smallest absolute Gasteiger partial charge is 0.349 e. The van der Waals surface area contributed by atoms with Gasteiger partial charge < -0.3 is 24.7 Å². The van der Waals surface area contributed by atoms with Crippen LogP contribution in [-0.4, -0.2) is 12.6 Å². The van der Waals surface area contributed by atoms with Gasteiger partial charge in [0.25, 0.3) is 0 Å². The first-order valence-electron chi connectivity index (χ1n) is 12.5. The topological polar surface area (TPSA) is 104 Å². The second kappa shape index (κ2) is 11.6. The van der Waals surface area contributed by atoms with Crippen molar-refractivity contribution in [1.29, 1.82) is 5.26 Å². The minimum absolute atomic E-state index is 0.0380. The molecule has 0 aromatic heterocycles. The fourth-order valence-electron chi connectivity index (χ4n) is 4.39. The predicted octanol–water partition coefficient (Wildman–Crippen LogP) is 5.92. The van der Waals surface area contributed by atoms with E-state index in [1.165, 1.54) is 12.1 Å². The summed E-state index contributed by atoms with van der Waals surface area (Å²) in [6, 6.07) is 27.8. The van der Waals surface area contributed by atoms with Crippen LogP contribution in [0.4, 0.5) is 4.39 Å². The summed E-state index contributed by atoms with van der Waals surface area (Å²) in [6.45, 7) is 1.87. The Morgan fingerprint density at radius 3 is 2.55 bits per heavy atom. The van der Waals surface area contributed by atoms with Crippen LogP contribution >= 0.6 is 0 Å². The summed E-state index contributed by atoms with van der Waals surface area (Å²) in [6.07, 6.45) is 0. The van der Waals surface area contributed by atoms with Crippen molar-refractivity contribution in [2.75, 3.05) is 6.61 Å². The molecule has 0 aliphatic carbocycles. The summed E-state index contributed by atoms with van der Waals surface area (Å²) in [7, 11) is 0. The molecule has 0 bridgehead atoms. The van der Waals surface area contributed by atoms with E-state index in [1.54, 1.807) is 42.5 Å². The molecule has 2 N–H and O–H groups in total. The van der Waals surface area contributed by atoms with Gasteiger partial charge in [-0.1, -0.05) is 48.5 Å². The van der Waals surface area contributed by atoms with Crippen molar-refractivity contribution >= 4 is 5.97 Å². The number of esters is 1. The molecule has 1 aliphatic rings. The molecule has 1 unspecified atom stereocenters. The zero-order valence-corrected chi connectivity index (χ0v) is 21.6. The Bertz CT molecular complexity index is 1630. The zero-order valence-electron chi connectivity index (χ0n) is 21.6. The predicted molar refractivity (Wildman–Crippen MR) is 145 cm³/mol. The normalized spacial score (nSPS) is 14.0. The molecular formula is C32H25FN2O5. The van der Waals surface area contributed by atoms with Crippen molar-refractivity contribution in [2.24, 2.45) is 5.73 Å². The molecule has 40 heavy (non-hydrogen) atoms. The van der Waals surface area contributed by atoms with E-state index in [2.05, 4.69) is 6.07 Å². The lowest BCUT2D eigenvalue weighted by atomic mass is 9.83. The van der Waals surface area contributed by atoms with Crippen LogP contribution in [0.2, 0.25) is 0 Å². The molecule has 0 saturated carbocycles. The van der Waals surface area contributed by atoms with Gasteiger partial charge in [-0.3, -0.25) is 0 Å². The highest BCUT2D eigenvalue weighted by Crippen LogP contribution is 2.44. The molecule has 1 atom stereocenters. The molecule has 0 spiro atoms. The average Bonchev–Trinajstić information content (AvgIpc) is 2.96. The second-order valence-electron chi connectivity index (χ2n) is 9.14. The number of fused-ring (bicyclic) bond motifs is 1. The van der Waals surface area contributed by atoms with Gasteiger partial charge in [0.1, 0.15) is 47.1 Å². The van der Waals surface area contributed by atoms with Gasteiger partial charge in [0.15, 0.2) is 6.61 Å². The monoisotopic (exact) mass is 536 g/mol. The number of ether oxygens (including phenoxy) is 4. The molecule has 7 nitrogen and oxygen atoms in total. The molecule has 0 fully saturated rings. The molecular weight excluding hydrogens is 511 g/mol. The highest BCUT2D eigenvalue weighted by Gasteiger charge is 2.31. The Hall–Kier alpha value is -5.29. The van der Waals surface area contributed by atoms with Crippen LogP contribution in [0, 0.1) is 24.1 Å². The third kappa shape index (κ3) is 5.89. The van der Waals surface area contributed by atoms with E-state index in [4.69, 9.17) is 24.7 Å². The maximum Gasteiger partial charge on any atom is 0.349 e. The number of carbonyl (C=O) groups excluding carboxylic acids is 1. The number of benzene rings is 4. The first kappa shape index (κ1) is 26.3. The van der Waals surface area contributed by atoms with Gasteiger partial charge in [0, 0.05) is 11.6 Å². The lowest BCUT2D eigenvalue weighted by Crippen LogP contribution is -2.22. The Morgan fingerprint density at radius 1 is 0.975 bits per heavy atom. The summed E-state index contributed by atoms with van der Waals surface area (Å²) in [5.74, 6) is 0.325. The van der Waals surface area contributed by atoms with E-state index in [1.807, 2.05) is 43.3 Å². The van der Waals surface area contributed by atoms with Gasteiger partial charge in [-0.05, 0) is 60.0 Å². The average molecular weight is 537 g/mol. The van der Waals surface area contributed by atoms with Crippen molar-refractivity contribution in [2.45, 2.75) is 19.4 Å². The van der Waals surface area contributed by atoms with Gasteiger partial charge in [-0.25, -0.2) is 9.18 Å². The number of nitriles is 1. The van der Waals surface area contributed by atoms with Crippen LogP contribution < -0.4 is 24.7 Å². The highest BCUT2D eigenvalue weighted by molar-refractivity contribution is 5.74. The summed E-state index contributed by atoms with van der Waals surface area (Å²) < 4.78 is 35.9. The van der Waals surface area contributed by atoms with Gasteiger partial charge in [0.05, 0.1) is 5.92 Å². The number of rotatable bonds is 8. The largest absolute Gasteiger partial charge is 0.489 e. The summed E-state index contributed by atoms with van der Waals surface area (Å²) in [4.78, 5) is 12.4. The molecule has 0 saturated heterocycles. The minimum atomic E-state index is -0.581. The molecule has 1 aliphatic heterocycles. The molecule has 0 amide bonds. The van der Waals surface area contributed by atoms with Crippen LogP contribution in [0.5, 0.6) is 23.0 Å². The van der Waals surface area contributed by atoms with Crippen molar-refractivity contribution in [3.05, 3.63) is 131 Å². The Kier molecular flexibility index (Phi) is 7.65. The van der Waals surface area contributed by atoms with E-state index in [0.29, 0.717) is 22.8 Å². The maximum atomic E-state index is 13.2. The summed E-state index contributed by atoms with van der Waals surface area (Å²) in [5.41, 5.74) is 9.55. The van der Waals surface area contributed by atoms with Crippen LogP contribution in [0.15, 0.2) is 102 Å². The number of allylic oxidation sites excluding steroid dienone is 1. The molecule has 200 valence electrons. The highest BCUT2D eigenvalue weighted by atomic mass is 19.1. The van der Waals surface area contributed by atoms with Gasteiger partial charge in [0.2, 0.25) is 5.88 Å². The number of nitrogens with two attached hydrogens (primary N) is 1. The van der Waals surface area contributed by atoms with E-state index in [-0.39, 0.29) is 36.2 Å². The van der Waals surface area contributed by atoms with Crippen molar-refractivity contribution in [1.82, 2.24) is 0 Å². The van der Waals surface area contributed by atoms with Crippen LogP contribution in [-0.2, 0) is 11.4 Å². The number of carbonyl (C=O) groups is 1. The molecule has 5 rings (SSSR count). The SMILES string of the molecule is Cc1ccccc1OCC(=O)Oc1ccc2c(c1)OC(N)=C(C#N)C2c1cccc(OCc2ccc(F)cc2)c1. The third-order valence-electron chi connectivity index (χ3n) is 6.37. The molecule has 4 aromatic carbocycles. The number of hydrogen-bond donors (Lipinski definition) is 1. The molecule has 8 heteroatoms. The number of nitrogens with zero attached hydrogens (tertiary/aromatic N) is 1. The van der Waals surface area contributed by atoms with Crippen molar-refractivity contribution in [3.8, 4) is 29.1 Å². The summed E-state index contributed by atoms with van der Waals surface area (Å²) >= 11 is 0. The first-order chi connectivity index (χ1) is 19.4. The van der Waals surface area contributed by atoms with Crippen LogP contribution in [0.25, 0.3) is 0 Å². The standard InChI is InChI=1S/C32H25FN2O5/c1-20-5-2-3-8-28(20)38-19-30(36)39-25-13-14-26-29(16-25)40-32(35)27(17-34)31(26)22-6-4-7-24(15-22)37-18-21-9-11-23(33)12-10-21/h2-16,31H,18-19,35H2,1H3. The zero-order chi connectivity index (χ0) is 28.1. The maximum absolute atomic E-state index is 13.2. The number of para-hydroxylation sites is 1. The van der Waals surface area contributed by atoms with E-state index in [9.17, 15) is 14.4 Å². The second-order valence-corrected chi connectivity index (χ2v) is 9.14. The first-order valence-corrected chi connectivity index (χ1v) is 12.5. The number of aryl methyl sites for hydroxylation is 1. The van der Waals surface area contributed by atoms with E-state index >= 15 is 0 Å². The van der Waals surface area contributed by atoms with Crippen LogP contribution in [0.3, 0.4) is 0 Å². The van der Waals surface area contributed by atoms with Crippen molar-refractivity contribution in [3.63, 3.8) is 0 Å². The fraction of sp³-hybridized carbons (Fsp3) is 0.125. The Labute approximate surface area is 230 Å². The molecule has 4 aromatic rings. The van der Waals surface area contributed by atoms with Crippen molar-refractivity contribution < 1.29 is 28.1 Å². The third-order valence-corrected chi connectivity index (χ3v) is 6.37. The van der Waals surface area contributed by atoms with Gasteiger partial charge >= 0.3 is 5.97 Å². The molecule has 0 radical (unpaired) electrons. The van der Waals surface area contributed by atoms with Crippen LogP contribution in [0.1, 0.15) is 28.2 Å². The van der Waals surface area contributed by atoms with Gasteiger partial charge in [-0.15, -0.1) is 0 Å². The van der Waals surface area contributed by atoms with E-state index < -0.39 is 11.9 Å². The quantitative estimate of drug-likeness (QED) is 0.220. The lowest BCUT2D eigenvalue weighted by molar-refractivity contribution is -0.136. The Morgan fingerprint density at radius 2 is 1.77 bits per heavy atom. The fourth-order valence-corrected chi connectivity index (χ4v) is 4.39. The van der Waals surface area contributed by atoms with E-state index in [0.717, 1.165) is 16.7 Å². The Balaban J connectivity index is 1.34. The minimum Gasteiger partial charge on any atom is -0.489 e. The molecule has 1 heterocycles. The summed E-state index contributed by atoms with van der Waals surface area (Å²) in [5, 5.41) is 9.90. The lowest BCUT2D eigenvalue weighted by Gasteiger charge is -2.27. The van der Waals surface area contributed by atoms with Gasteiger partial charge in [-0.2, -0.15) is 5.26 Å². The number of hydrogen-bond acceptors (Lipinski definition) is 7.